The number of alkyl halides is 1. The zero-order valence-electron chi connectivity index (χ0n) is 17.8. The lowest BCUT2D eigenvalue weighted by Crippen LogP contribution is -2.16. The minimum absolute atomic E-state index is 0.0235. The number of anilines is 3. The molecule has 0 unspecified atom stereocenters. The van der Waals surface area contributed by atoms with Crippen molar-refractivity contribution in [3.05, 3.63) is 77.7 Å². The molecule has 0 fully saturated rings. The number of ether oxygens (including phenoxy) is 1. The fraction of sp³-hybridized carbons (Fsp3) is 0.0833. The summed E-state index contributed by atoms with van der Waals surface area (Å²) in [4.78, 5) is 26.0. The molecule has 0 aliphatic carbocycles. The molecule has 0 bridgehead atoms. The summed E-state index contributed by atoms with van der Waals surface area (Å²) < 4.78 is 6.10. The van der Waals surface area contributed by atoms with Gasteiger partial charge in [-0.15, -0.1) is 11.3 Å². The van der Waals surface area contributed by atoms with E-state index >= 15 is 0 Å². The molecule has 8 nitrogen and oxygen atoms in total. The zero-order chi connectivity index (χ0) is 23.5. The minimum atomic E-state index is -0.431. The number of nitrogens with one attached hydrogen (secondary N) is 2. The van der Waals surface area contributed by atoms with E-state index in [1.165, 1.54) is 11.3 Å². The van der Waals surface area contributed by atoms with E-state index in [-0.39, 0.29) is 11.9 Å². The van der Waals surface area contributed by atoms with Gasteiger partial charge in [0.1, 0.15) is 11.6 Å². The maximum absolute atomic E-state index is 12.9. The third-order valence-electron chi connectivity index (χ3n) is 5.18. The van der Waals surface area contributed by atoms with Crippen molar-refractivity contribution in [1.82, 2.24) is 15.0 Å². The van der Waals surface area contributed by atoms with Crippen LogP contribution >= 0.6 is 22.9 Å². The summed E-state index contributed by atoms with van der Waals surface area (Å²) in [5, 5.41) is 9.90. The molecule has 3 heterocycles. The van der Waals surface area contributed by atoms with Gasteiger partial charge in [0.05, 0.1) is 22.5 Å². The van der Waals surface area contributed by atoms with Crippen molar-refractivity contribution in [2.45, 2.75) is 6.54 Å². The highest BCUT2D eigenvalue weighted by atomic mass is 35.5. The van der Waals surface area contributed by atoms with Gasteiger partial charge in [-0.3, -0.25) is 9.78 Å². The first-order valence-electron chi connectivity index (χ1n) is 10.3. The number of carbonyl (C=O) groups is 1. The number of pyridine rings is 1. The quantitative estimate of drug-likeness (QED) is 0.266. The number of amides is 1. The van der Waals surface area contributed by atoms with Crippen molar-refractivity contribution in [3.8, 4) is 5.75 Å². The molecule has 3 aromatic heterocycles. The largest absolute Gasteiger partial charge is 0.478 e. The van der Waals surface area contributed by atoms with Crippen molar-refractivity contribution in [2.75, 3.05) is 22.4 Å². The Morgan fingerprint density at radius 3 is 2.85 bits per heavy atom. The molecule has 0 aliphatic heterocycles. The molecule has 0 saturated heterocycles. The van der Waals surface area contributed by atoms with E-state index in [1.807, 2.05) is 60.0 Å². The van der Waals surface area contributed by atoms with Gasteiger partial charge in [0.25, 0.3) is 5.91 Å². The molecule has 0 atom stereocenters. The average Bonchev–Trinajstić information content (AvgIpc) is 3.33. The Labute approximate surface area is 203 Å². The molecule has 0 aliphatic rings. The molecular weight excluding hydrogens is 472 g/mol. The Kier molecular flexibility index (Phi) is 6.11. The highest BCUT2D eigenvalue weighted by Crippen LogP contribution is 2.27. The molecule has 5 aromatic rings. The molecule has 2 aromatic carbocycles. The summed E-state index contributed by atoms with van der Waals surface area (Å²) in [6, 6.07) is 17.0. The SMILES string of the molecule is Nc1nc(C(=O)Nc2cccc3c(CNc4cccc(OCCl)c4)nccc23)nc2ccsc12. The van der Waals surface area contributed by atoms with Crippen molar-refractivity contribution in [3.63, 3.8) is 0 Å². The second kappa shape index (κ2) is 9.50. The predicted octanol–water partition coefficient (Wildman–Crippen LogP) is 5.26. The van der Waals surface area contributed by atoms with Crippen LogP contribution in [0.4, 0.5) is 17.2 Å². The van der Waals surface area contributed by atoms with Crippen LogP contribution in [0.15, 0.2) is 66.2 Å². The Hall–Kier alpha value is -3.95. The smallest absolute Gasteiger partial charge is 0.293 e. The van der Waals surface area contributed by atoms with Gasteiger partial charge in [-0.05, 0) is 35.7 Å². The van der Waals surface area contributed by atoms with Crippen molar-refractivity contribution in [2.24, 2.45) is 0 Å². The second-order valence-corrected chi connectivity index (χ2v) is 8.45. The van der Waals surface area contributed by atoms with Crippen LogP contribution in [0.2, 0.25) is 0 Å². The van der Waals surface area contributed by atoms with Crippen LogP contribution in [0.3, 0.4) is 0 Å². The highest BCUT2D eigenvalue weighted by Gasteiger charge is 2.15. The standard InChI is InChI=1S/C24H19ClN6O2S/c25-13-33-15-4-1-3-14(11-15)28-12-20-16-5-2-6-18(17(16)7-9-27-20)30-24(32)23-29-19-8-10-34-21(19)22(26)31-23/h1-11,28H,12-13H2,(H,30,32)(H2,26,29,31). The summed E-state index contributed by atoms with van der Waals surface area (Å²) in [7, 11) is 0. The number of rotatable bonds is 7. The number of nitrogens with two attached hydrogens (primary N) is 1. The van der Waals surface area contributed by atoms with Crippen molar-refractivity contribution >= 4 is 67.0 Å². The van der Waals surface area contributed by atoms with E-state index in [0.29, 0.717) is 29.3 Å². The number of nitrogens with zero attached hydrogens (tertiary/aromatic N) is 3. The fourth-order valence-electron chi connectivity index (χ4n) is 3.63. The molecular formula is C24H19ClN6O2S. The lowest BCUT2D eigenvalue weighted by Gasteiger charge is -2.12. The number of hydrogen-bond donors (Lipinski definition) is 3. The monoisotopic (exact) mass is 490 g/mol. The van der Waals surface area contributed by atoms with Gasteiger partial charge in [0, 0.05) is 34.4 Å². The van der Waals surface area contributed by atoms with Crippen LogP contribution in [0.5, 0.6) is 5.75 Å². The molecule has 0 radical (unpaired) electrons. The number of nitrogen functional groups attached to an aromatic ring is 1. The summed E-state index contributed by atoms with van der Waals surface area (Å²) in [5.41, 5.74) is 9.00. The number of hydrogen-bond acceptors (Lipinski definition) is 8. The summed E-state index contributed by atoms with van der Waals surface area (Å²) in [5.74, 6) is 0.566. The van der Waals surface area contributed by atoms with Crippen molar-refractivity contribution < 1.29 is 9.53 Å². The van der Waals surface area contributed by atoms with Crippen LogP contribution in [0.1, 0.15) is 16.3 Å². The van der Waals surface area contributed by atoms with Crippen molar-refractivity contribution in [1.29, 1.82) is 0 Å². The van der Waals surface area contributed by atoms with Gasteiger partial charge in [0.15, 0.2) is 6.07 Å². The van der Waals surface area contributed by atoms with Gasteiger partial charge >= 0.3 is 0 Å². The van der Waals surface area contributed by atoms with Gasteiger partial charge in [0.2, 0.25) is 5.82 Å². The van der Waals surface area contributed by atoms with Crippen LogP contribution < -0.4 is 21.1 Å². The Morgan fingerprint density at radius 1 is 1.09 bits per heavy atom. The first-order valence-corrected chi connectivity index (χ1v) is 11.7. The second-order valence-electron chi connectivity index (χ2n) is 7.31. The Bertz CT molecular complexity index is 1510. The van der Waals surface area contributed by atoms with E-state index < -0.39 is 5.91 Å². The lowest BCUT2D eigenvalue weighted by molar-refractivity contribution is 0.101. The molecule has 5 rings (SSSR count). The lowest BCUT2D eigenvalue weighted by atomic mass is 10.1. The molecule has 4 N–H and O–H groups in total. The summed E-state index contributed by atoms with van der Waals surface area (Å²) in [6.07, 6.45) is 1.72. The maximum atomic E-state index is 12.9. The average molecular weight is 491 g/mol. The third kappa shape index (κ3) is 4.43. The van der Waals surface area contributed by atoms with E-state index in [2.05, 4.69) is 25.6 Å². The third-order valence-corrected chi connectivity index (χ3v) is 6.22. The molecule has 0 saturated carbocycles. The van der Waals surface area contributed by atoms with Crippen LogP contribution in [0, 0.1) is 0 Å². The number of aromatic nitrogens is 3. The van der Waals surface area contributed by atoms with Crippen LogP contribution in [0.25, 0.3) is 21.0 Å². The maximum Gasteiger partial charge on any atom is 0.293 e. The Morgan fingerprint density at radius 2 is 1.97 bits per heavy atom. The number of carbonyl (C=O) groups excluding carboxylic acids is 1. The highest BCUT2D eigenvalue weighted by molar-refractivity contribution is 7.17. The topological polar surface area (TPSA) is 115 Å². The number of halogens is 1. The van der Waals surface area contributed by atoms with E-state index in [1.54, 1.807) is 6.20 Å². The first kappa shape index (κ1) is 21.9. The molecule has 170 valence electrons. The molecule has 1 amide bonds. The summed E-state index contributed by atoms with van der Waals surface area (Å²) >= 11 is 7.09. The number of thiophene rings is 1. The minimum Gasteiger partial charge on any atom is -0.478 e. The number of fused-ring (bicyclic) bond motifs is 2. The van der Waals surface area contributed by atoms with Crippen LogP contribution in [-0.2, 0) is 6.54 Å². The molecule has 0 spiro atoms. The number of benzene rings is 2. The van der Waals surface area contributed by atoms with Gasteiger partial charge in [-0.1, -0.05) is 29.8 Å². The van der Waals surface area contributed by atoms with E-state index in [4.69, 9.17) is 22.1 Å². The zero-order valence-corrected chi connectivity index (χ0v) is 19.4. The van der Waals surface area contributed by atoms with E-state index in [9.17, 15) is 4.79 Å². The normalized spacial score (nSPS) is 11.0. The fourth-order valence-corrected chi connectivity index (χ4v) is 4.49. The first-order chi connectivity index (χ1) is 16.6. The summed E-state index contributed by atoms with van der Waals surface area (Å²) in [6.45, 7) is 0.480. The molecule has 10 heteroatoms. The van der Waals surface area contributed by atoms with Crippen LogP contribution in [-0.4, -0.2) is 26.9 Å². The van der Waals surface area contributed by atoms with Gasteiger partial charge in [-0.2, -0.15) is 0 Å². The molecule has 34 heavy (non-hydrogen) atoms. The Balaban J connectivity index is 1.39. The van der Waals surface area contributed by atoms with Gasteiger partial charge in [-0.25, -0.2) is 9.97 Å². The van der Waals surface area contributed by atoms with Gasteiger partial charge < -0.3 is 21.1 Å². The van der Waals surface area contributed by atoms with E-state index in [0.717, 1.165) is 26.9 Å². The predicted molar refractivity (Wildman–Crippen MR) is 137 cm³/mol.